The fourth-order valence-corrected chi connectivity index (χ4v) is 4.25. The molecule has 3 aliphatic heterocycles. The van der Waals surface area contributed by atoms with E-state index in [1.165, 1.54) is 5.56 Å². The highest BCUT2D eigenvalue weighted by molar-refractivity contribution is 5.98. The van der Waals surface area contributed by atoms with Crippen LogP contribution in [0.5, 0.6) is 17.2 Å². The predicted molar refractivity (Wildman–Crippen MR) is 122 cm³/mol. The van der Waals surface area contributed by atoms with Crippen molar-refractivity contribution in [3.8, 4) is 39.8 Å². The van der Waals surface area contributed by atoms with Gasteiger partial charge in [-0.3, -0.25) is 0 Å². The molecular weight excluding hydrogens is 402 g/mol. The lowest BCUT2D eigenvalue weighted by molar-refractivity contribution is 0.174. The molecule has 0 bridgehead atoms. The van der Waals surface area contributed by atoms with E-state index >= 15 is 0 Å². The summed E-state index contributed by atoms with van der Waals surface area (Å²) in [4.78, 5) is 0. The zero-order chi connectivity index (χ0) is 21.5. The highest BCUT2D eigenvalue weighted by Crippen LogP contribution is 2.41. The van der Waals surface area contributed by atoms with Crippen LogP contribution >= 0.6 is 0 Å². The number of benzene rings is 3. The number of rotatable bonds is 5. The summed E-state index contributed by atoms with van der Waals surface area (Å²) in [5.41, 5.74) is 5.93. The van der Waals surface area contributed by atoms with Crippen LogP contribution in [0, 0.1) is 0 Å². The zero-order valence-electron chi connectivity index (χ0n) is 17.6. The molecule has 0 unspecified atom stereocenters. The molecule has 0 amide bonds. The second-order valence-corrected chi connectivity index (χ2v) is 7.73. The fraction of sp³-hybridized carbons (Fsp3) is 0.154. The molecule has 6 heteroatoms. The van der Waals surface area contributed by atoms with Gasteiger partial charge in [0.05, 0.1) is 12.1 Å². The van der Waals surface area contributed by atoms with Crippen LogP contribution in [0.2, 0.25) is 0 Å². The van der Waals surface area contributed by atoms with Gasteiger partial charge < -0.3 is 18.8 Å². The molecule has 0 spiro atoms. The van der Waals surface area contributed by atoms with Crippen molar-refractivity contribution < 1.29 is 14.2 Å². The van der Waals surface area contributed by atoms with Gasteiger partial charge in [-0.1, -0.05) is 30.3 Å². The molecule has 3 aromatic rings. The second kappa shape index (κ2) is 7.57. The number of aromatic nitrogens is 3. The van der Waals surface area contributed by atoms with E-state index in [-0.39, 0.29) is 6.79 Å². The molecule has 0 N–H and O–H groups in total. The summed E-state index contributed by atoms with van der Waals surface area (Å²) in [5, 5.41) is 10.2. The van der Waals surface area contributed by atoms with Gasteiger partial charge in [-0.2, -0.15) is 0 Å². The summed E-state index contributed by atoms with van der Waals surface area (Å²) in [6.07, 6.45) is 2.14. The zero-order valence-corrected chi connectivity index (χ0v) is 17.6. The summed E-state index contributed by atoms with van der Waals surface area (Å²) >= 11 is 0. The van der Waals surface area contributed by atoms with Gasteiger partial charge in [0.1, 0.15) is 17.1 Å². The maximum Gasteiger partial charge on any atom is 0.231 e. The first-order chi connectivity index (χ1) is 15.8. The van der Waals surface area contributed by atoms with Crippen LogP contribution in [-0.4, -0.2) is 28.2 Å². The Kier molecular flexibility index (Phi) is 4.42. The van der Waals surface area contributed by atoms with E-state index < -0.39 is 0 Å². The number of nitrogens with zero attached hydrogens (tertiary/aromatic N) is 3. The van der Waals surface area contributed by atoms with Gasteiger partial charge in [-0.15, -0.1) is 10.2 Å². The van der Waals surface area contributed by atoms with E-state index in [1.807, 2.05) is 37.3 Å². The van der Waals surface area contributed by atoms with Crippen LogP contribution in [0.15, 0.2) is 72.9 Å². The predicted octanol–water partition coefficient (Wildman–Crippen LogP) is 5.38. The van der Waals surface area contributed by atoms with Crippen LogP contribution in [0.25, 0.3) is 33.4 Å². The minimum atomic E-state index is 0.244. The van der Waals surface area contributed by atoms with E-state index in [0.717, 1.165) is 57.2 Å². The number of ether oxygens (including phenoxy) is 3. The largest absolute Gasteiger partial charge is 0.494 e. The van der Waals surface area contributed by atoms with Gasteiger partial charge in [0.15, 0.2) is 11.5 Å². The van der Waals surface area contributed by atoms with Crippen molar-refractivity contribution in [2.75, 3.05) is 13.4 Å². The van der Waals surface area contributed by atoms with E-state index in [9.17, 15) is 0 Å². The van der Waals surface area contributed by atoms with Crippen molar-refractivity contribution in [1.29, 1.82) is 0 Å². The standard InChI is InChI=1S/C26H21N3O3/c1-2-30-19-9-10-22-20(13-19)26-21(15-29(22)14-17-6-4-3-5-7-17)25(27-28-26)18-8-11-23-24(12-18)32-16-31-23/h3-13,15H,2,14,16H2,1H3. The van der Waals surface area contributed by atoms with Gasteiger partial charge in [0, 0.05) is 29.3 Å². The minimum absolute atomic E-state index is 0.244. The molecule has 158 valence electrons. The first-order valence-corrected chi connectivity index (χ1v) is 10.7. The van der Waals surface area contributed by atoms with Crippen LogP contribution in [-0.2, 0) is 6.54 Å². The van der Waals surface area contributed by atoms with Crippen molar-refractivity contribution in [2.45, 2.75) is 13.5 Å². The van der Waals surface area contributed by atoms with Crippen LogP contribution < -0.4 is 14.2 Å². The number of fused-ring (bicyclic) bond motifs is 4. The third-order valence-electron chi connectivity index (χ3n) is 5.73. The highest BCUT2D eigenvalue weighted by atomic mass is 16.7. The normalized spacial score (nSPS) is 12.5. The van der Waals surface area contributed by atoms with E-state index in [2.05, 4.69) is 57.4 Å². The highest BCUT2D eigenvalue weighted by Gasteiger charge is 2.23. The average Bonchev–Trinajstić information content (AvgIpc) is 3.46. The quantitative estimate of drug-likeness (QED) is 0.380. The Bertz CT molecular complexity index is 1390. The molecule has 0 saturated carbocycles. The number of hydrogen-bond acceptors (Lipinski definition) is 5. The molecule has 0 fully saturated rings. The maximum atomic E-state index is 5.77. The fourth-order valence-electron chi connectivity index (χ4n) is 4.25. The maximum absolute atomic E-state index is 5.77. The van der Waals surface area contributed by atoms with Gasteiger partial charge >= 0.3 is 0 Å². The third kappa shape index (κ3) is 3.12. The van der Waals surface area contributed by atoms with Crippen LogP contribution in [0.1, 0.15) is 12.5 Å². The summed E-state index contributed by atoms with van der Waals surface area (Å²) in [7, 11) is 0. The van der Waals surface area contributed by atoms with Crippen molar-refractivity contribution in [2.24, 2.45) is 0 Å². The molecule has 32 heavy (non-hydrogen) atoms. The number of pyridine rings is 1. The van der Waals surface area contributed by atoms with E-state index in [4.69, 9.17) is 14.2 Å². The Balaban J connectivity index is 1.55. The van der Waals surface area contributed by atoms with Gasteiger partial charge in [-0.05, 0) is 48.9 Å². The Hall–Kier alpha value is -4.06. The van der Waals surface area contributed by atoms with Crippen molar-refractivity contribution >= 4 is 10.9 Å². The van der Waals surface area contributed by atoms with Crippen LogP contribution in [0.3, 0.4) is 0 Å². The molecule has 3 heterocycles. The van der Waals surface area contributed by atoms with Gasteiger partial charge in [0.25, 0.3) is 0 Å². The second-order valence-electron chi connectivity index (χ2n) is 7.73. The molecule has 0 atom stereocenters. The van der Waals surface area contributed by atoms with Gasteiger partial charge in [0.2, 0.25) is 6.79 Å². The molecule has 3 aliphatic rings. The first kappa shape index (κ1) is 18.7. The molecular formula is C26H21N3O3. The SMILES string of the molecule is CCOc1ccc2c(c1)c1nnc(-c3ccc4c(c3)OCO4)c-1cn2Cc1ccccc1. The summed E-state index contributed by atoms with van der Waals surface area (Å²) in [6, 6.07) is 22.5. The Morgan fingerprint density at radius 3 is 2.62 bits per heavy atom. The first-order valence-electron chi connectivity index (χ1n) is 10.7. The summed E-state index contributed by atoms with van der Waals surface area (Å²) in [6.45, 7) is 3.59. The molecule has 0 radical (unpaired) electrons. The van der Waals surface area contributed by atoms with Crippen molar-refractivity contribution in [1.82, 2.24) is 14.8 Å². The molecule has 6 rings (SSSR count). The van der Waals surface area contributed by atoms with E-state index in [0.29, 0.717) is 6.61 Å². The van der Waals surface area contributed by atoms with Crippen molar-refractivity contribution in [3.05, 3.63) is 78.5 Å². The smallest absolute Gasteiger partial charge is 0.231 e. The lowest BCUT2D eigenvalue weighted by Crippen LogP contribution is -2.04. The molecule has 0 aromatic heterocycles. The summed E-state index contributed by atoms with van der Waals surface area (Å²) < 4.78 is 19.1. The average molecular weight is 423 g/mol. The Labute approximate surface area is 185 Å². The molecule has 3 aromatic carbocycles. The minimum Gasteiger partial charge on any atom is -0.494 e. The summed E-state index contributed by atoms with van der Waals surface area (Å²) in [5.74, 6) is 2.31. The molecule has 0 saturated heterocycles. The molecule has 0 aliphatic carbocycles. The van der Waals surface area contributed by atoms with Crippen molar-refractivity contribution in [3.63, 3.8) is 0 Å². The molecule has 6 nitrogen and oxygen atoms in total. The topological polar surface area (TPSA) is 58.4 Å². The van der Waals surface area contributed by atoms with Gasteiger partial charge in [-0.25, -0.2) is 0 Å². The Morgan fingerprint density at radius 2 is 1.75 bits per heavy atom. The lowest BCUT2D eigenvalue weighted by atomic mass is 10.0. The monoisotopic (exact) mass is 423 g/mol. The van der Waals surface area contributed by atoms with E-state index in [1.54, 1.807) is 0 Å². The lowest BCUT2D eigenvalue weighted by Gasteiger charge is -2.16. The Morgan fingerprint density at radius 1 is 0.906 bits per heavy atom. The third-order valence-corrected chi connectivity index (χ3v) is 5.73. The van der Waals surface area contributed by atoms with Crippen LogP contribution in [0.4, 0.5) is 0 Å². The number of hydrogen-bond donors (Lipinski definition) is 0.